The molecule has 1 aliphatic heterocycles. The third-order valence-corrected chi connectivity index (χ3v) is 6.66. The summed E-state index contributed by atoms with van der Waals surface area (Å²) in [5.74, 6) is 0.783. The number of amides is 1. The van der Waals surface area contributed by atoms with Crippen molar-refractivity contribution in [3.05, 3.63) is 60.9 Å². The summed E-state index contributed by atoms with van der Waals surface area (Å²) in [6, 6.07) is 16.5. The van der Waals surface area contributed by atoms with Crippen molar-refractivity contribution in [2.75, 3.05) is 58.8 Å². The summed E-state index contributed by atoms with van der Waals surface area (Å²) in [5, 5.41) is 0. The Morgan fingerprint density at radius 1 is 1.00 bits per heavy atom. The van der Waals surface area contributed by atoms with Gasteiger partial charge in [0, 0.05) is 63.3 Å². The zero-order valence-electron chi connectivity index (χ0n) is 21.1. The third-order valence-electron chi connectivity index (χ3n) is 6.66. The van der Waals surface area contributed by atoms with Gasteiger partial charge in [-0.1, -0.05) is 24.3 Å². The van der Waals surface area contributed by atoms with Crippen molar-refractivity contribution in [2.24, 2.45) is 0 Å². The predicted octanol–water partition coefficient (Wildman–Crippen LogP) is 3.90. The molecule has 0 unspecified atom stereocenters. The van der Waals surface area contributed by atoms with Crippen molar-refractivity contribution in [3.8, 4) is 28.1 Å². The van der Waals surface area contributed by atoms with Crippen LogP contribution in [0, 0.1) is 0 Å². The van der Waals surface area contributed by atoms with Gasteiger partial charge in [0.25, 0.3) is 0 Å². The van der Waals surface area contributed by atoms with Gasteiger partial charge >= 0.3 is 0 Å². The minimum absolute atomic E-state index is 0.0498. The average Bonchev–Trinajstić information content (AvgIpc) is 3.33. The van der Waals surface area contributed by atoms with Gasteiger partial charge in [-0.05, 0) is 36.9 Å². The van der Waals surface area contributed by atoms with E-state index in [0.717, 1.165) is 65.5 Å². The molecule has 2 aromatic carbocycles. The molecule has 0 saturated carbocycles. The number of carbonyl (C=O) groups excluding carboxylic acids is 1. The van der Waals surface area contributed by atoms with E-state index in [4.69, 9.17) is 9.72 Å². The first-order valence-corrected chi connectivity index (χ1v) is 12.3. The van der Waals surface area contributed by atoms with Gasteiger partial charge in [0.05, 0.1) is 24.9 Å². The maximum atomic E-state index is 11.7. The van der Waals surface area contributed by atoms with E-state index in [1.807, 2.05) is 36.7 Å². The average molecular weight is 485 g/mol. The summed E-state index contributed by atoms with van der Waals surface area (Å²) in [6.07, 6.45) is 4.11. The molecule has 1 N–H and O–H groups in total. The van der Waals surface area contributed by atoms with Gasteiger partial charge in [0.2, 0.25) is 5.91 Å². The molecule has 2 aromatic heterocycles. The number of anilines is 1. The second-order valence-electron chi connectivity index (χ2n) is 9.40. The number of nitrogens with zero attached hydrogens (tertiary/aromatic N) is 5. The number of ether oxygens (including phenoxy) is 1. The van der Waals surface area contributed by atoms with Crippen molar-refractivity contribution in [1.82, 2.24) is 24.8 Å². The Morgan fingerprint density at radius 2 is 1.69 bits per heavy atom. The molecule has 0 atom stereocenters. The number of hydrogen-bond donors (Lipinski definition) is 1. The molecule has 0 aliphatic carbocycles. The van der Waals surface area contributed by atoms with E-state index in [2.05, 4.69) is 51.1 Å². The Bertz CT molecular complexity index is 1320. The first-order chi connectivity index (χ1) is 17.5. The number of hydrogen-bond acceptors (Lipinski definition) is 6. The van der Waals surface area contributed by atoms with Crippen molar-refractivity contribution in [3.63, 3.8) is 0 Å². The van der Waals surface area contributed by atoms with Crippen LogP contribution in [0.5, 0.6) is 5.75 Å². The summed E-state index contributed by atoms with van der Waals surface area (Å²) < 4.78 is 5.73. The van der Waals surface area contributed by atoms with E-state index < -0.39 is 0 Å². The van der Waals surface area contributed by atoms with Crippen LogP contribution in [0.4, 0.5) is 5.69 Å². The molecule has 1 aliphatic rings. The summed E-state index contributed by atoms with van der Waals surface area (Å²) in [4.78, 5) is 30.9. The summed E-state index contributed by atoms with van der Waals surface area (Å²) >= 11 is 0. The highest BCUT2D eigenvalue weighted by Crippen LogP contribution is 2.30. The summed E-state index contributed by atoms with van der Waals surface area (Å²) in [6.45, 7) is 4.62. The van der Waals surface area contributed by atoms with E-state index in [-0.39, 0.29) is 5.91 Å². The van der Waals surface area contributed by atoms with Crippen LogP contribution >= 0.6 is 0 Å². The fraction of sp³-hybridized carbons (Fsp3) is 0.321. The second kappa shape index (κ2) is 10.4. The normalized spacial score (nSPS) is 14.2. The Labute approximate surface area is 211 Å². The largest absolute Gasteiger partial charge is 0.493 e. The fourth-order valence-corrected chi connectivity index (χ4v) is 4.37. The molecule has 8 heteroatoms. The van der Waals surface area contributed by atoms with Crippen LogP contribution in [0.1, 0.15) is 6.42 Å². The molecule has 1 saturated heterocycles. The monoisotopic (exact) mass is 484 g/mol. The predicted molar refractivity (Wildman–Crippen MR) is 143 cm³/mol. The molecule has 0 spiro atoms. The lowest BCUT2D eigenvalue weighted by Gasteiger charge is -2.34. The highest BCUT2D eigenvalue weighted by molar-refractivity contribution is 5.91. The maximum Gasteiger partial charge on any atom is 0.225 e. The highest BCUT2D eigenvalue weighted by atomic mass is 16.5. The quantitative estimate of drug-likeness (QED) is 0.429. The van der Waals surface area contributed by atoms with E-state index in [1.165, 1.54) is 5.69 Å². The SMILES string of the molecule is CN1CCN(c2ccc(-c3cnc4[nH]cc(-c5ccc(OCCC(=O)N(C)C)cc5)c4n3)cc2)CC1. The van der Waals surface area contributed by atoms with E-state index in [1.54, 1.807) is 19.0 Å². The number of nitrogens with one attached hydrogen (secondary N) is 1. The minimum Gasteiger partial charge on any atom is -0.493 e. The molecule has 36 heavy (non-hydrogen) atoms. The summed E-state index contributed by atoms with van der Waals surface area (Å²) in [5.41, 5.74) is 6.74. The molecule has 1 fully saturated rings. The number of carbonyl (C=O) groups is 1. The fourth-order valence-electron chi connectivity index (χ4n) is 4.37. The van der Waals surface area contributed by atoms with Gasteiger partial charge in [-0.3, -0.25) is 4.79 Å². The van der Waals surface area contributed by atoms with Gasteiger partial charge in [0.15, 0.2) is 5.65 Å². The van der Waals surface area contributed by atoms with Crippen LogP contribution in [0.15, 0.2) is 60.9 Å². The van der Waals surface area contributed by atoms with Gasteiger partial charge in [-0.15, -0.1) is 0 Å². The zero-order chi connectivity index (χ0) is 25.1. The number of piperazine rings is 1. The maximum absolute atomic E-state index is 11.7. The van der Waals surface area contributed by atoms with Crippen molar-refractivity contribution in [1.29, 1.82) is 0 Å². The topological polar surface area (TPSA) is 77.6 Å². The Morgan fingerprint density at radius 3 is 2.39 bits per heavy atom. The van der Waals surface area contributed by atoms with Crippen molar-refractivity contribution < 1.29 is 9.53 Å². The smallest absolute Gasteiger partial charge is 0.225 e. The van der Waals surface area contributed by atoms with E-state index >= 15 is 0 Å². The number of fused-ring (bicyclic) bond motifs is 1. The molecule has 0 bridgehead atoms. The van der Waals surface area contributed by atoms with Gasteiger partial charge in [-0.2, -0.15) is 0 Å². The molecular formula is C28H32N6O2. The first-order valence-electron chi connectivity index (χ1n) is 12.3. The lowest BCUT2D eigenvalue weighted by atomic mass is 10.1. The van der Waals surface area contributed by atoms with Crippen LogP contribution in [-0.4, -0.2) is 84.6 Å². The highest BCUT2D eigenvalue weighted by Gasteiger charge is 2.15. The number of benzene rings is 2. The Hall–Kier alpha value is -3.91. The van der Waals surface area contributed by atoms with Crippen molar-refractivity contribution >= 4 is 22.8 Å². The number of rotatable bonds is 7. The van der Waals surface area contributed by atoms with Gasteiger partial charge < -0.3 is 24.4 Å². The molecular weight excluding hydrogens is 452 g/mol. The molecule has 5 rings (SSSR count). The molecule has 3 heterocycles. The molecule has 0 radical (unpaired) electrons. The minimum atomic E-state index is 0.0498. The molecule has 8 nitrogen and oxygen atoms in total. The number of aromatic nitrogens is 3. The molecule has 1 amide bonds. The van der Waals surface area contributed by atoms with Crippen LogP contribution in [0.3, 0.4) is 0 Å². The number of H-pyrrole nitrogens is 1. The van der Waals surface area contributed by atoms with Crippen LogP contribution in [0.2, 0.25) is 0 Å². The van der Waals surface area contributed by atoms with Gasteiger partial charge in [-0.25, -0.2) is 9.97 Å². The van der Waals surface area contributed by atoms with Crippen LogP contribution in [0.25, 0.3) is 33.5 Å². The van der Waals surface area contributed by atoms with E-state index in [0.29, 0.717) is 13.0 Å². The first kappa shape index (κ1) is 23.8. The molecule has 186 valence electrons. The van der Waals surface area contributed by atoms with E-state index in [9.17, 15) is 4.79 Å². The lowest BCUT2D eigenvalue weighted by molar-refractivity contribution is -0.129. The van der Waals surface area contributed by atoms with Gasteiger partial charge in [0.1, 0.15) is 11.3 Å². The Balaban J connectivity index is 1.31. The van der Waals surface area contributed by atoms with Crippen LogP contribution < -0.4 is 9.64 Å². The lowest BCUT2D eigenvalue weighted by Crippen LogP contribution is -2.44. The van der Waals surface area contributed by atoms with Crippen LogP contribution in [-0.2, 0) is 4.79 Å². The number of aromatic amines is 1. The standard InChI is InChI=1S/C28H32N6O2/c1-32(2)26(35)12-17-36-23-10-6-20(7-11-23)24-18-29-28-27(24)31-25(19-30-28)21-4-8-22(9-5-21)34-15-13-33(3)14-16-34/h4-11,18-19H,12-17H2,1-3H3,(H,29,30). The number of likely N-dealkylation sites (N-methyl/N-ethyl adjacent to an activating group) is 1. The molecule has 4 aromatic rings. The van der Waals surface area contributed by atoms with Crippen molar-refractivity contribution in [2.45, 2.75) is 6.42 Å². The third kappa shape index (κ3) is 5.18. The zero-order valence-corrected chi connectivity index (χ0v) is 21.1. The second-order valence-corrected chi connectivity index (χ2v) is 9.40. The Kier molecular flexibility index (Phi) is 6.86. The summed E-state index contributed by atoms with van der Waals surface area (Å²) in [7, 11) is 5.66.